The summed E-state index contributed by atoms with van der Waals surface area (Å²) < 4.78 is 18.0. The summed E-state index contributed by atoms with van der Waals surface area (Å²) in [5.74, 6) is 1.03. The fourth-order valence-corrected chi connectivity index (χ4v) is 10.7. The fraction of sp³-hybridized carbons (Fsp3) is 1.00. The van der Waals surface area contributed by atoms with Crippen LogP contribution in [0.5, 0.6) is 0 Å². The first-order chi connectivity index (χ1) is 14.4. The summed E-state index contributed by atoms with van der Waals surface area (Å²) in [6, 6.07) is 0.329. The van der Waals surface area contributed by atoms with Crippen LogP contribution in [0.25, 0.3) is 0 Å². The van der Waals surface area contributed by atoms with Crippen LogP contribution in [0.4, 0.5) is 0 Å². The molecule has 30 heavy (non-hydrogen) atoms. The second-order valence-electron chi connectivity index (χ2n) is 11.5. The van der Waals surface area contributed by atoms with Crippen molar-refractivity contribution in [3.63, 3.8) is 0 Å². The zero-order chi connectivity index (χ0) is 21.1. The van der Waals surface area contributed by atoms with Gasteiger partial charge in [0.1, 0.15) is 0 Å². The van der Waals surface area contributed by atoms with Crippen molar-refractivity contribution in [3.8, 4) is 0 Å². The van der Waals surface area contributed by atoms with E-state index >= 15 is 0 Å². The van der Waals surface area contributed by atoms with Gasteiger partial charge in [0.15, 0.2) is 0 Å². The zero-order valence-electron chi connectivity index (χ0n) is 18.9. The number of aliphatic hydroxyl groups excluding tert-OH is 1. The largest absolute Gasteiger partial charge is 0.392 e. The molecule has 6 nitrogen and oxygen atoms in total. The Balaban J connectivity index is 1.58. The molecule has 5 aliphatic carbocycles. The van der Waals surface area contributed by atoms with Gasteiger partial charge in [-0.3, -0.25) is 4.90 Å². The Morgan fingerprint density at radius 1 is 1.10 bits per heavy atom. The molecule has 0 aromatic heterocycles. The minimum absolute atomic E-state index is 0.000283. The van der Waals surface area contributed by atoms with Crippen LogP contribution in [0.2, 0.25) is 0 Å². The summed E-state index contributed by atoms with van der Waals surface area (Å²) in [5.41, 5.74) is -0.719. The topological polar surface area (TPSA) is 71.4 Å². The second-order valence-corrected chi connectivity index (χ2v) is 11.5. The van der Waals surface area contributed by atoms with Crippen molar-refractivity contribution in [2.24, 2.45) is 40.4 Å². The van der Waals surface area contributed by atoms with E-state index in [1.54, 1.807) is 7.11 Å². The van der Waals surface area contributed by atoms with Crippen LogP contribution in [0.1, 0.15) is 39.0 Å². The van der Waals surface area contributed by atoms with Crippen LogP contribution in [0, 0.1) is 40.4 Å². The predicted molar refractivity (Wildman–Crippen MR) is 111 cm³/mol. The molecule has 170 valence electrons. The molecule has 1 heterocycles. The summed E-state index contributed by atoms with van der Waals surface area (Å²) in [6.07, 6.45) is 4.52. The Kier molecular flexibility index (Phi) is 4.36. The molecule has 5 saturated carbocycles. The van der Waals surface area contributed by atoms with Crippen molar-refractivity contribution in [1.82, 2.24) is 4.90 Å². The van der Waals surface area contributed by atoms with Crippen molar-refractivity contribution < 1.29 is 24.4 Å². The molecule has 6 fully saturated rings. The van der Waals surface area contributed by atoms with Gasteiger partial charge in [0.05, 0.1) is 30.5 Å². The zero-order valence-corrected chi connectivity index (χ0v) is 18.9. The predicted octanol–water partition coefficient (Wildman–Crippen LogP) is 1.53. The smallest absolute Gasteiger partial charge is 0.0771 e. The van der Waals surface area contributed by atoms with Crippen LogP contribution in [0.15, 0.2) is 0 Å². The number of piperidine rings is 1. The number of fused-ring (bicyclic) bond motifs is 2. The molecule has 0 aromatic carbocycles. The van der Waals surface area contributed by atoms with Crippen LogP contribution < -0.4 is 0 Å². The number of ether oxygens (including phenoxy) is 3. The fourth-order valence-electron chi connectivity index (χ4n) is 10.7. The van der Waals surface area contributed by atoms with Gasteiger partial charge in [-0.05, 0) is 44.1 Å². The highest BCUT2D eigenvalue weighted by atomic mass is 16.5. The molecule has 6 aliphatic rings. The van der Waals surface area contributed by atoms with E-state index in [0.29, 0.717) is 18.4 Å². The van der Waals surface area contributed by atoms with E-state index in [4.69, 9.17) is 14.2 Å². The van der Waals surface area contributed by atoms with E-state index in [0.717, 1.165) is 45.4 Å². The lowest BCUT2D eigenvalue weighted by Crippen LogP contribution is -2.76. The molecule has 2 unspecified atom stereocenters. The van der Waals surface area contributed by atoms with Crippen LogP contribution in [-0.4, -0.2) is 86.1 Å². The maximum Gasteiger partial charge on any atom is 0.0771 e. The molecule has 12 atom stereocenters. The van der Waals surface area contributed by atoms with E-state index in [1.807, 2.05) is 14.2 Å². The Morgan fingerprint density at radius 2 is 1.90 bits per heavy atom. The van der Waals surface area contributed by atoms with Crippen molar-refractivity contribution >= 4 is 0 Å². The molecule has 6 heteroatoms. The van der Waals surface area contributed by atoms with Gasteiger partial charge in [0.25, 0.3) is 0 Å². The summed E-state index contributed by atoms with van der Waals surface area (Å²) in [5, 5.41) is 23.8. The van der Waals surface area contributed by atoms with Crippen LogP contribution >= 0.6 is 0 Å². The highest BCUT2D eigenvalue weighted by Crippen LogP contribution is 2.79. The third-order valence-corrected chi connectivity index (χ3v) is 11.2. The summed E-state index contributed by atoms with van der Waals surface area (Å²) in [4.78, 5) is 2.67. The molecule has 6 rings (SSSR count). The summed E-state index contributed by atoms with van der Waals surface area (Å²) in [7, 11) is 5.48. The molecule has 2 N–H and O–H groups in total. The van der Waals surface area contributed by atoms with E-state index in [-0.39, 0.29) is 46.7 Å². The molecule has 1 aliphatic heterocycles. The number of aliphatic hydroxyl groups is 2. The number of hydrogen-bond donors (Lipinski definition) is 2. The molecule has 0 aromatic rings. The molecule has 0 amide bonds. The Hall–Kier alpha value is -0.240. The lowest BCUT2D eigenvalue weighted by atomic mass is 9.43. The monoisotopic (exact) mass is 421 g/mol. The maximum atomic E-state index is 12.4. The standard InChI is InChI=1S/C24H39NO5/c1-5-25-11-22(12-28-2)7-6-18(30-4)24-14-8-13-16(29-3)10-23(27,19(14)20(13)26)15(21(24)25)9-17(22)24/h13-21,26-27H,5-12H2,1-4H3/t13-,14?,15+,16+,17-,18+,19-,20+,21?,22-,23+,24-/m1/s1. The average molecular weight is 422 g/mol. The quantitative estimate of drug-likeness (QED) is 0.702. The van der Waals surface area contributed by atoms with Gasteiger partial charge in [0.2, 0.25) is 0 Å². The van der Waals surface area contributed by atoms with Crippen LogP contribution in [-0.2, 0) is 14.2 Å². The van der Waals surface area contributed by atoms with Gasteiger partial charge in [-0.2, -0.15) is 0 Å². The number of methoxy groups -OCH3 is 3. The van der Waals surface area contributed by atoms with Gasteiger partial charge < -0.3 is 24.4 Å². The van der Waals surface area contributed by atoms with Crippen molar-refractivity contribution in [2.45, 2.75) is 69.0 Å². The van der Waals surface area contributed by atoms with E-state index in [1.165, 1.54) is 0 Å². The maximum absolute atomic E-state index is 12.4. The molecule has 1 spiro atoms. The average Bonchev–Trinajstić information content (AvgIpc) is 3.15. The molecule has 0 radical (unpaired) electrons. The first kappa shape index (κ1) is 20.4. The highest BCUT2D eigenvalue weighted by Gasteiger charge is 2.83. The van der Waals surface area contributed by atoms with Gasteiger partial charge in [-0.25, -0.2) is 0 Å². The Morgan fingerprint density at radius 3 is 2.57 bits per heavy atom. The SMILES string of the molecule is CCN1C[C@@]2(COC)CC[C@H](OC)[C@@]34C5C[C@H]6[C@H](O)[C@@H]5[C@](O)(C[C@@H]6OC)[C@@H](C[C@H]23)C14. The van der Waals surface area contributed by atoms with Crippen molar-refractivity contribution in [1.29, 1.82) is 0 Å². The van der Waals surface area contributed by atoms with E-state index in [2.05, 4.69) is 11.8 Å². The lowest BCUT2D eigenvalue weighted by Gasteiger charge is -2.69. The number of hydrogen-bond acceptors (Lipinski definition) is 6. The molecular weight excluding hydrogens is 382 g/mol. The lowest BCUT2D eigenvalue weighted by molar-refractivity contribution is -0.276. The first-order valence-electron chi connectivity index (χ1n) is 12.1. The van der Waals surface area contributed by atoms with Gasteiger partial charge in [-0.1, -0.05) is 6.92 Å². The van der Waals surface area contributed by atoms with E-state index < -0.39 is 11.7 Å². The highest BCUT2D eigenvalue weighted by molar-refractivity contribution is 5.33. The second kappa shape index (κ2) is 6.42. The van der Waals surface area contributed by atoms with Crippen molar-refractivity contribution in [2.75, 3.05) is 41.0 Å². The first-order valence-corrected chi connectivity index (χ1v) is 12.1. The van der Waals surface area contributed by atoms with Gasteiger partial charge in [-0.15, -0.1) is 0 Å². The molecular formula is C24H39NO5. The minimum Gasteiger partial charge on any atom is -0.392 e. The Labute approximate surface area is 180 Å². The van der Waals surface area contributed by atoms with Gasteiger partial charge in [0, 0.05) is 68.9 Å². The third-order valence-electron chi connectivity index (χ3n) is 11.2. The van der Waals surface area contributed by atoms with Crippen LogP contribution in [0.3, 0.4) is 0 Å². The number of likely N-dealkylation sites (tertiary alicyclic amines) is 1. The number of nitrogens with zero attached hydrogens (tertiary/aromatic N) is 1. The van der Waals surface area contributed by atoms with Crippen molar-refractivity contribution in [3.05, 3.63) is 0 Å². The normalized spacial score (nSPS) is 60.8. The van der Waals surface area contributed by atoms with Gasteiger partial charge >= 0.3 is 0 Å². The summed E-state index contributed by atoms with van der Waals surface area (Å²) >= 11 is 0. The van der Waals surface area contributed by atoms with E-state index in [9.17, 15) is 10.2 Å². The molecule has 1 saturated heterocycles. The third kappa shape index (κ3) is 2.00. The minimum atomic E-state index is -0.847. The Bertz CT molecular complexity index is 720. The molecule has 7 bridgehead atoms. The summed E-state index contributed by atoms with van der Waals surface area (Å²) in [6.45, 7) is 5.11. The number of rotatable bonds is 5.